The molecule has 0 spiro atoms. The van der Waals surface area contributed by atoms with Crippen molar-refractivity contribution < 1.29 is 23.8 Å². The van der Waals surface area contributed by atoms with Gasteiger partial charge < -0.3 is 14.5 Å². The van der Waals surface area contributed by atoms with Gasteiger partial charge >= 0.3 is 5.97 Å². The molecule has 0 aliphatic heterocycles. The van der Waals surface area contributed by atoms with Gasteiger partial charge in [-0.3, -0.25) is 9.36 Å². The zero-order valence-corrected chi connectivity index (χ0v) is 24.3. The molecule has 2 atom stereocenters. The lowest BCUT2D eigenvalue weighted by Crippen LogP contribution is -2.48. The molecule has 6 nitrogen and oxygen atoms in total. The van der Waals surface area contributed by atoms with E-state index in [4.69, 9.17) is 4.52 Å². The molecule has 36 heavy (non-hydrogen) atoms. The van der Waals surface area contributed by atoms with E-state index in [-0.39, 0.29) is 40.2 Å². The van der Waals surface area contributed by atoms with Crippen LogP contribution in [-0.2, 0) is 13.9 Å². The Morgan fingerprint density at radius 1 is 1.19 bits per heavy atom. The van der Waals surface area contributed by atoms with E-state index >= 15 is 0 Å². The van der Waals surface area contributed by atoms with Gasteiger partial charge in [-0.2, -0.15) is 0 Å². The minimum absolute atomic E-state index is 0.0112. The molecule has 0 aromatic carbocycles. The van der Waals surface area contributed by atoms with Crippen LogP contribution in [0.1, 0.15) is 87.7 Å². The molecule has 0 radical (unpaired) electrons. The molecule has 0 saturated heterocycles. The Morgan fingerprint density at radius 3 is 2.36 bits per heavy atom. The Hall–Kier alpha value is -1.87. The van der Waals surface area contributed by atoms with Crippen LogP contribution in [0.25, 0.3) is 0 Å². The van der Waals surface area contributed by atoms with Crippen LogP contribution in [-0.4, -0.2) is 42.5 Å². The quantitative estimate of drug-likeness (QED) is 0.241. The summed E-state index contributed by atoms with van der Waals surface area (Å²) in [5.74, 6) is 5.25. The van der Waals surface area contributed by atoms with Crippen molar-refractivity contribution in [2.24, 2.45) is 17.3 Å². The summed E-state index contributed by atoms with van der Waals surface area (Å²) in [6.07, 6.45) is 6.27. The third-order valence-corrected chi connectivity index (χ3v) is 8.58. The average Bonchev–Trinajstić information content (AvgIpc) is 3.16. The summed E-state index contributed by atoms with van der Waals surface area (Å²) in [6, 6.07) is 1.65. The lowest BCUT2D eigenvalue weighted by molar-refractivity contribution is -0.124. The lowest BCUT2D eigenvalue weighted by Gasteiger charge is -2.40. The second-order valence-corrected chi connectivity index (χ2v) is 15.5. The Balaban J connectivity index is 2.00. The smallest absolute Gasteiger partial charge is 0.348 e. The van der Waals surface area contributed by atoms with E-state index in [9.17, 15) is 19.3 Å². The number of carbonyl (C=O) groups is 2. The normalized spacial score (nSPS) is 24.9. The fourth-order valence-electron chi connectivity index (χ4n) is 5.10. The highest BCUT2D eigenvalue weighted by Crippen LogP contribution is 2.44. The van der Waals surface area contributed by atoms with Gasteiger partial charge in [0, 0.05) is 30.7 Å². The SMILES string of the molecule is CC1=CC[C@@H](C(=O)N(c2cc(C#CC(C)(C)C)sc2C(=O)O)[C@H]2CC[C@H](OP(C)(C)=O)CC2)[C@H](C)C1. The molecule has 198 valence electrons. The van der Waals surface area contributed by atoms with Crippen molar-refractivity contribution in [3.8, 4) is 11.8 Å². The molecule has 1 saturated carbocycles. The summed E-state index contributed by atoms with van der Waals surface area (Å²) < 4.78 is 18.0. The summed E-state index contributed by atoms with van der Waals surface area (Å²) in [5.41, 5.74) is 1.53. The van der Waals surface area contributed by atoms with E-state index in [2.05, 4.69) is 31.8 Å². The number of hydrogen-bond acceptors (Lipinski definition) is 5. The highest BCUT2D eigenvalue weighted by molar-refractivity contribution is 7.57. The molecule has 0 unspecified atom stereocenters. The van der Waals surface area contributed by atoms with Gasteiger partial charge in [0.05, 0.1) is 16.7 Å². The van der Waals surface area contributed by atoms with E-state index in [0.29, 0.717) is 42.7 Å². The number of carbonyl (C=O) groups excluding carboxylic acids is 1. The topological polar surface area (TPSA) is 83.9 Å². The molecular formula is C28H40NO5PS. The first kappa shape index (κ1) is 28.7. The summed E-state index contributed by atoms with van der Waals surface area (Å²) in [7, 11) is -2.61. The molecule has 1 amide bonds. The van der Waals surface area contributed by atoms with Crippen molar-refractivity contribution in [3.05, 3.63) is 27.5 Å². The van der Waals surface area contributed by atoms with Crippen LogP contribution in [0.4, 0.5) is 5.69 Å². The Kier molecular flexibility index (Phi) is 8.97. The van der Waals surface area contributed by atoms with Crippen molar-refractivity contribution in [2.45, 2.75) is 85.3 Å². The van der Waals surface area contributed by atoms with Crippen LogP contribution in [0.2, 0.25) is 0 Å². The van der Waals surface area contributed by atoms with Crippen LogP contribution in [0.5, 0.6) is 0 Å². The van der Waals surface area contributed by atoms with Crippen LogP contribution >= 0.6 is 18.7 Å². The summed E-state index contributed by atoms with van der Waals surface area (Å²) in [6.45, 7) is 13.5. The number of thiophene rings is 1. The molecular weight excluding hydrogens is 493 g/mol. The molecule has 3 rings (SSSR count). The standard InChI is InChI=1S/C28H40NO5PS/c1-18-8-13-23(19(2)16-18)26(30)29(20-9-11-21(12-10-20)34-35(6,7)33)24-17-22(14-15-28(3,4)5)36-25(24)27(31)32/h8,17,19-21,23H,9-13,16H2,1-7H3,(H,31,32)/t19-,20-,21-,23-/m1/s1. The maximum Gasteiger partial charge on any atom is 0.348 e. The minimum Gasteiger partial charge on any atom is -0.477 e. The number of allylic oxidation sites excluding steroid dienone is 2. The molecule has 0 bridgehead atoms. The van der Waals surface area contributed by atoms with Gasteiger partial charge in [0.2, 0.25) is 5.91 Å². The molecule has 2 aliphatic rings. The minimum atomic E-state index is -2.61. The molecule has 8 heteroatoms. The number of carboxylic acid groups (broad SMARTS) is 1. The second kappa shape index (κ2) is 11.3. The first-order valence-corrected chi connectivity index (χ1v) is 16.1. The van der Waals surface area contributed by atoms with Gasteiger partial charge in [-0.1, -0.05) is 30.4 Å². The largest absolute Gasteiger partial charge is 0.477 e. The zero-order chi connectivity index (χ0) is 26.8. The molecule has 1 aromatic rings. The van der Waals surface area contributed by atoms with Gasteiger partial charge in [0.25, 0.3) is 0 Å². The molecule has 1 heterocycles. The fourth-order valence-corrected chi connectivity index (χ4v) is 6.87. The number of nitrogens with zero attached hydrogens (tertiary/aromatic N) is 1. The number of aromatic carboxylic acids is 1. The number of amides is 1. The fraction of sp³-hybridized carbons (Fsp3) is 0.643. The Morgan fingerprint density at radius 2 is 1.83 bits per heavy atom. The van der Waals surface area contributed by atoms with Crippen molar-refractivity contribution in [3.63, 3.8) is 0 Å². The monoisotopic (exact) mass is 533 g/mol. The van der Waals surface area contributed by atoms with Crippen LogP contribution < -0.4 is 4.90 Å². The van der Waals surface area contributed by atoms with Crippen molar-refractivity contribution in [1.29, 1.82) is 0 Å². The van der Waals surface area contributed by atoms with Crippen molar-refractivity contribution >= 4 is 36.3 Å². The summed E-state index contributed by atoms with van der Waals surface area (Å²) >= 11 is 1.13. The first-order valence-electron chi connectivity index (χ1n) is 12.8. The van der Waals surface area contributed by atoms with Crippen LogP contribution in [0, 0.1) is 29.1 Å². The molecule has 1 N–H and O–H groups in total. The predicted octanol–water partition coefficient (Wildman–Crippen LogP) is 7.03. The van der Waals surface area contributed by atoms with E-state index in [1.165, 1.54) is 5.57 Å². The van der Waals surface area contributed by atoms with Gasteiger partial charge in [0.15, 0.2) is 7.37 Å². The highest BCUT2D eigenvalue weighted by atomic mass is 32.1. The predicted molar refractivity (Wildman–Crippen MR) is 147 cm³/mol. The van der Waals surface area contributed by atoms with Crippen LogP contribution in [0.15, 0.2) is 17.7 Å². The van der Waals surface area contributed by atoms with Gasteiger partial charge in [-0.25, -0.2) is 4.79 Å². The van der Waals surface area contributed by atoms with E-state index in [0.717, 1.165) is 17.8 Å². The first-order chi connectivity index (χ1) is 16.6. The van der Waals surface area contributed by atoms with Gasteiger partial charge in [-0.05, 0) is 78.2 Å². The average molecular weight is 534 g/mol. The van der Waals surface area contributed by atoms with E-state index in [1.54, 1.807) is 24.3 Å². The third-order valence-electron chi connectivity index (χ3n) is 6.74. The maximum atomic E-state index is 14.1. The maximum absolute atomic E-state index is 14.1. The molecule has 1 fully saturated rings. The van der Waals surface area contributed by atoms with Crippen molar-refractivity contribution in [2.75, 3.05) is 18.2 Å². The van der Waals surface area contributed by atoms with Gasteiger partial charge in [-0.15, -0.1) is 11.3 Å². The van der Waals surface area contributed by atoms with Crippen LogP contribution in [0.3, 0.4) is 0 Å². The van der Waals surface area contributed by atoms with E-state index in [1.807, 2.05) is 20.8 Å². The Bertz CT molecular complexity index is 1120. The lowest BCUT2D eigenvalue weighted by atomic mass is 9.79. The summed E-state index contributed by atoms with van der Waals surface area (Å²) in [5, 5.41) is 10.1. The zero-order valence-electron chi connectivity index (χ0n) is 22.6. The Labute approximate surface area is 219 Å². The highest BCUT2D eigenvalue weighted by Gasteiger charge is 2.39. The summed E-state index contributed by atoms with van der Waals surface area (Å²) in [4.78, 5) is 29.0. The van der Waals surface area contributed by atoms with Gasteiger partial charge in [0.1, 0.15) is 4.88 Å². The molecule has 1 aromatic heterocycles. The second-order valence-electron chi connectivity index (χ2n) is 11.7. The number of anilines is 1. The molecule has 2 aliphatic carbocycles. The van der Waals surface area contributed by atoms with E-state index < -0.39 is 13.3 Å². The number of carboxylic acids is 1. The number of hydrogen-bond donors (Lipinski definition) is 1. The number of rotatable bonds is 6. The third kappa shape index (κ3) is 7.57. The van der Waals surface area contributed by atoms with Crippen molar-refractivity contribution in [1.82, 2.24) is 0 Å².